The maximum Gasteiger partial charge on any atom is 0.161 e. The summed E-state index contributed by atoms with van der Waals surface area (Å²) in [5.41, 5.74) is 0.913. The first kappa shape index (κ1) is 18.0. The normalized spacial score (nSPS) is 17.3. The number of fused-ring (bicyclic) bond motifs is 1. The van der Waals surface area contributed by atoms with Gasteiger partial charge in [-0.05, 0) is 23.8 Å². The van der Waals surface area contributed by atoms with Gasteiger partial charge in [0.05, 0.1) is 19.3 Å². The Bertz CT molecular complexity index is 682. The van der Waals surface area contributed by atoms with Crippen molar-refractivity contribution in [3.05, 3.63) is 59.1 Å². The van der Waals surface area contributed by atoms with E-state index in [9.17, 15) is 5.11 Å². The van der Waals surface area contributed by atoms with Crippen LogP contribution in [0.5, 0.6) is 11.5 Å². The average Bonchev–Trinajstić information content (AvgIpc) is 2.63. The predicted octanol–water partition coefficient (Wildman–Crippen LogP) is 2.65. The van der Waals surface area contributed by atoms with Crippen LogP contribution in [-0.2, 0) is 11.3 Å². The van der Waals surface area contributed by atoms with Gasteiger partial charge in [0.15, 0.2) is 11.5 Å². The zero-order valence-electron chi connectivity index (χ0n) is 13.9. The van der Waals surface area contributed by atoms with Crippen LogP contribution in [0.2, 0.25) is 5.02 Å². The standard InChI is InChI=1S/C19H22ClNO4/c20-17-6-2-1-5-14(17)11-23-12-15(22)9-21-10-16-13-24-18-7-3-4-8-19(18)25-16/h1-8,15-16,21-22H,9-13H2/t15-,16+/m0/s1. The Hall–Kier alpha value is -1.79. The van der Waals surface area contributed by atoms with Gasteiger partial charge in [-0.25, -0.2) is 0 Å². The van der Waals surface area contributed by atoms with Gasteiger partial charge >= 0.3 is 0 Å². The zero-order valence-corrected chi connectivity index (χ0v) is 14.6. The lowest BCUT2D eigenvalue weighted by molar-refractivity contribution is 0.0259. The number of halogens is 1. The minimum Gasteiger partial charge on any atom is -0.486 e. The smallest absolute Gasteiger partial charge is 0.161 e. The number of hydrogen-bond acceptors (Lipinski definition) is 5. The summed E-state index contributed by atoms with van der Waals surface area (Å²) in [5.74, 6) is 1.52. The second kappa shape index (κ2) is 9.06. The Morgan fingerprint density at radius 1 is 1.16 bits per heavy atom. The van der Waals surface area contributed by atoms with Crippen LogP contribution >= 0.6 is 11.6 Å². The maximum absolute atomic E-state index is 9.99. The molecule has 5 nitrogen and oxygen atoms in total. The quantitative estimate of drug-likeness (QED) is 0.755. The van der Waals surface area contributed by atoms with E-state index in [2.05, 4.69) is 5.32 Å². The fraction of sp³-hybridized carbons (Fsp3) is 0.368. The molecule has 25 heavy (non-hydrogen) atoms. The maximum atomic E-state index is 9.99. The van der Waals surface area contributed by atoms with E-state index in [1.54, 1.807) is 0 Å². The van der Waals surface area contributed by atoms with Crippen molar-refractivity contribution in [3.8, 4) is 11.5 Å². The Kier molecular flexibility index (Phi) is 6.53. The Balaban J connectivity index is 1.32. The van der Waals surface area contributed by atoms with E-state index in [4.69, 9.17) is 25.8 Å². The van der Waals surface area contributed by atoms with E-state index < -0.39 is 6.10 Å². The minimum absolute atomic E-state index is 0.0776. The lowest BCUT2D eigenvalue weighted by atomic mass is 10.2. The second-order valence-electron chi connectivity index (χ2n) is 5.92. The van der Waals surface area contributed by atoms with E-state index in [0.29, 0.717) is 31.3 Å². The highest BCUT2D eigenvalue weighted by Crippen LogP contribution is 2.30. The van der Waals surface area contributed by atoms with Gasteiger partial charge in [-0.3, -0.25) is 0 Å². The molecule has 0 radical (unpaired) electrons. The molecule has 2 N–H and O–H groups in total. The number of aliphatic hydroxyl groups excluding tert-OH is 1. The molecule has 1 heterocycles. The third-order valence-electron chi connectivity index (χ3n) is 3.85. The largest absolute Gasteiger partial charge is 0.486 e. The molecule has 0 aromatic heterocycles. The molecule has 0 spiro atoms. The molecule has 0 unspecified atom stereocenters. The van der Waals surface area contributed by atoms with Crippen LogP contribution in [0.15, 0.2) is 48.5 Å². The van der Waals surface area contributed by atoms with Crippen molar-refractivity contribution in [1.29, 1.82) is 0 Å². The highest BCUT2D eigenvalue weighted by molar-refractivity contribution is 6.31. The van der Waals surface area contributed by atoms with Crippen LogP contribution in [0.25, 0.3) is 0 Å². The van der Waals surface area contributed by atoms with Gasteiger partial charge in [-0.1, -0.05) is 41.9 Å². The van der Waals surface area contributed by atoms with Gasteiger partial charge in [-0.15, -0.1) is 0 Å². The van der Waals surface area contributed by atoms with Gasteiger partial charge < -0.3 is 24.6 Å². The molecule has 1 aliphatic heterocycles. The summed E-state index contributed by atoms with van der Waals surface area (Å²) in [5, 5.41) is 13.8. The first-order chi connectivity index (χ1) is 12.2. The third-order valence-corrected chi connectivity index (χ3v) is 4.21. The van der Waals surface area contributed by atoms with Crippen molar-refractivity contribution in [2.45, 2.75) is 18.8 Å². The van der Waals surface area contributed by atoms with Crippen molar-refractivity contribution in [1.82, 2.24) is 5.32 Å². The zero-order chi connectivity index (χ0) is 17.5. The van der Waals surface area contributed by atoms with E-state index in [1.807, 2.05) is 48.5 Å². The topological polar surface area (TPSA) is 60.0 Å². The number of rotatable bonds is 8. The van der Waals surface area contributed by atoms with Crippen LogP contribution < -0.4 is 14.8 Å². The van der Waals surface area contributed by atoms with Gasteiger partial charge in [-0.2, -0.15) is 0 Å². The predicted molar refractivity (Wildman–Crippen MR) is 96.3 cm³/mol. The molecule has 1 aliphatic rings. The van der Waals surface area contributed by atoms with Crippen LogP contribution in [0, 0.1) is 0 Å². The fourth-order valence-electron chi connectivity index (χ4n) is 2.55. The van der Waals surface area contributed by atoms with Crippen molar-refractivity contribution in [2.75, 3.05) is 26.3 Å². The van der Waals surface area contributed by atoms with Gasteiger partial charge in [0, 0.05) is 18.1 Å². The molecule has 6 heteroatoms. The molecule has 0 saturated heterocycles. The highest BCUT2D eigenvalue weighted by atomic mass is 35.5. The van der Waals surface area contributed by atoms with E-state index in [0.717, 1.165) is 17.1 Å². The number of hydrogen-bond donors (Lipinski definition) is 2. The summed E-state index contributed by atoms with van der Waals surface area (Å²) in [6, 6.07) is 15.1. The molecular weight excluding hydrogens is 342 g/mol. The van der Waals surface area contributed by atoms with Gasteiger partial charge in [0.2, 0.25) is 0 Å². The van der Waals surface area contributed by atoms with Gasteiger partial charge in [0.25, 0.3) is 0 Å². The molecule has 3 rings (SSSR count). The molecular formula is C19H22ClNO4. The molecule has 0 aliphatic carbocycles. The Morgan fingerprint density at radius 3 is 2.76 bits per heavy atom. The first-order valence-electron chi connectivity index (χ1n) is 8.31. The van der Waals surface area contributed by atoms with Crippen molar-refractivity contribution < 1.29 is 19.3 Å². The number of para-hydroxylation sites is 2. The molecule has 0 amide bonds. The van der Waals surface area contributed by atoms with Crippen molar-refractivity contribution in [3.63, 3.8) is 0 Å². The van der Waals surface area contributed by atoms with E-state index in [1.165, 1.54) is 0 Å². The minimum atomic E-state index is -0.598. The second-order valence-corrected chi connectivity index (χ2v) is 6.32. The lowest BCUT2D eigenvalue weighted by Crippen LogP contribution is -2.41. The Morgan fingerprint density at radius 2 is 1.92 bits per heavy atom. The van der Waals surface area contributed by atoms with Crippen LogP contribution in [0.3, 0.4) is 0 Å². The highest BCUT2D eigenvalue weighted by Gasteiger charge is 2.20. The summed E-state index contributed by atoms with van der Waals surface area (Å²) >= 11 is 6.06. The van der Waals surface area contributed by atoms with E-state index >= 15 is 0 Å². The summed E-state index contributed by atoms with van der Waals surface area (Å²) in [7, 11) is 0. The summed E-state index contributed by atoms with van der Waals surface area (Å²) in [4.78, 5) is 0. The van der Waals surface area contributed by atoms with Crippen LogP contribution in [0.4, 0.5) is 0 Å². The molecule has 0 fully saturated rings. The molecule has 2 aromatic rings. The Labute approximate surface area is 152 Å². The van der Waals surface area contributed by atoms with Gasteiger partial charge in [0.1, 0.15) is 12.7 Å². The molecule has 0 bridgehead atoms. The van der Waals surface area contributed by atoms with Crippen LogP contribution in [0.1, 0.15) is 5.56 Å². The van der Waals surface area contributed by atoms with Crippen molar-refractivity contribution >= 4 is 11.6 Å². The molecule has 2 atom stereocenters. The molecule has 2 aromatic carbocycles. The number of nitrogens with one attached hydrogen (secondary N) is 1. The number of ether oxygens (including phenoxy) is 3. The SMILES string of the molecule is O[C@@H](CNC[C@@H]1COc2ccccc2O1)COCc1ccccc1Cl. The fourth-order valence-corrected chi connectivity index (χ4v) is 2.74. The molecule has 134 valence electrons. The van der Waals surface area contributed by atoms with Crippen LogP contribution in [-0.4, -0.2) is 43.6 Å². The molecule has 0 saturated carbocycles. The summed E-state index contributed by atoms with van der Waals surface area (Å²) in [6.07, 6.45) is -0.676. The number of benzene rings is 2. The third kappa shape index (κ3) is 5.34. The average molecular weight is 364 g/mol. The lowest BCUT2D eigenvalue weighted by Gasteiger charge is -2.27. The van der Waals surface area contributed by atoms with E-state index in [-0.39, 0.29) is 12.7 Å². The summed E-state index contributed by atoms with van der Waals surface area (Å²) in [6.45, 7) is 2.12. The number of aliphatic hydroxyl groups is 1. The summed E-state index contributed by atoms with van der Waals surface area (Å²) < 4.78 is 17.0. The first-order valence-corrected chi connectivity index (χ1v) is 8.68. The monoisotopic (exact) mass is 363 g/mol. The van der Waals surface area contributed by atoms with Crippen molar-refractivity contribution in [2.24, 2.45) is 0 Å².